The minimum Gasteiger partial charge on any atom is -0.383 e. The summed E-state index contributed by atoms with van der Waals surface area (Å²) in [6.07, 6.45) is 0. The van der Waals surface area contributed by atoms with Gasteiger partial charge in [-0.05, 0) is 5.41 Å². The van der Waals surface area contributed by atoms with E-state index in [1.165, 1.54) is 7.11 Å². The van der Waals surface area contributed by atoms with Gasteiger partial charge in [0.15, 0.2) is 0 Å². The van der Waals surface area contributed by atoms with Gasteiger partial charge in [-0.15, -0.1) is 0 Å². The third kappa shape index (κ3) is 6.54. The van der Waals surface area contributed by atoms with Crippen LogP contribution in [0.2, 0.25) is 0 Å². The monoisotopic (exact) mass is 188 g/mol. The first-order valence-electron chi connectivity index (χ1n) is 4.39. The topological polar surface area (TPSA) is 64.3 Å². The molecule has 4 heteroatoms. The first kappa shape index (κ1) is 12.4. The van der Waals surface area contributed by atoms with E-state index >= 15 is 0 Å². The third-order valence-electron chi connectivity index (χ3n) is 1.48. The van der Waals surface area contributed by atoms with Crippen LogP contribution in [-0.2, 0) is 9.53 Å². The van der Waals surface area contributed by atoms with Crippen LogP contribution >= 0.6 is 0 Å². The molecule has 0 saturated heterocycles. The minimum absolute atomic E-state index is 0.0858. The molecule has 0 aromatic carbocycles. The SMILES string of the molecule is COCC(N)C(=O)NCC(C)(C)C. The molecule has 1 amide bonds. The van der Waals surface area contributed by atoms with Gasteiger partial charge in [-0.25, -0.2) is 0 Å². The molecule has 0 heterocycles. The molecule has 3 N–H and O–H groups in total. The number of hydrogen-bond acceptors (Lipinski definition) is 3. The molecule has 0 saturated carbocycles. The maximum atomic E-state index is 11.3. The van der Waals surface area contributed by atoms with Crippen molar-refractivity contribution in [1.29, 1.82) is 0 Å². The fraction of sp³-hybridized carbons (Fsp3) is 0.889. The van der Waals surface area contributed by atoms with Crippen molar-refractivity contribution in [3.05, 3.63) is 0 Å². The molecule has 0 rings (SSSR count). The summed E-state index contributed by atoms with van der Waals surface area (Å²) in [4.78, 5) is 11.3. The van der Waals surface area contributed by atoms with Crippen molar-refractivity contribution in [3.63, 3.8) is 0 Å². The first-order chi connectivity index (χ1) is 5.87. The summed E-state index contributed by atoms with van der Waals surface area (Å²) < 4.78 is 4.77. The van der Waals surface area contributed by atoms with Crippen molar-refractivity contribution in [2.75, 3.05) is 20.3 Å². The quantitative estimate of drug-likeness (QED) is 0.658. The molecule has 13 heavy (non-hydrogen) atoms. The van der Waals surface area contributed by atoms with Gasteiger partial charge >= 0.3 is 0 Å². The fourth-order valence-electron chi connectivity index (χ4n) is 0.739. The Labute approximate surface area is 79.8 Å². The van der Waals surface area contributed by atoms with E-state index in [9.17, 15) is 4.79 Å². The van der Waals surface area contributed by atoms with Crippen LogP contribution in [0.3, 0.4) is 0 Å². The standard InChI is InChI=1S/C9H20N2O2/c1-9(2,3)6-11-8(12)7(10)5-13-4/h7H,5-6,10H2,1-4H3,(H,11,12). The summed E-state index contributed by atoms with van der Waals surface area (Å²) in [5, 5.41) is 2.76. The van der Waals surface area contributed by atoms with E-state index in [0.29, 0.717) is 6.54 Å². The highest BCUT2D eigenvalue weighted by Crippen LogP contribution is 2.09. The lowest BCUT2D eigenvalue weighted by atomic mass is 9.97. The Morgan fingerprint density at radius 3 is 2.46 bits per heavy atom. The van der Waals surface area contributed by atoms with Gasteiger partial charge < -0.3 is 15.8 Å². The van der Waals surface area contributed by atoms with Crippen molar-refractivity contribution in [2.24, 2.45) is 11.1 Å². The van der Waals surface area contributed by atoms with Crippen LogP contribution in [0.1, 0.15) is 20.8 Å². The Morgan fingerprint density at radius 2 is 2.08 bits per heavy atom. The molecule has 0 aliphatic rings. The Balaban J connectivity index is 3.74. The van der Waals surface area contributed by atoms with Crippen LogP contribution in [0.25, 0.3) is 0 Å². The predicted octanol–water partition coefficient (Wildman–Crippen LogP) is 0.122. The molecule has 78 valence electrons. The maximum Gasteiger partial charge on any atom is 0.239 e. The number of nitrogens with two attached hydrogens (primary N) is 1. The van der Waals surface area contributed by atoms with Gasteiger partial charge in [0.1, 0.15) is 6.04 Å². The van der Waals surface area contributed by atoms with Crippen LogP contribution in [0.15, 0.2) is 0 Å². The second-order valence-corrected chi connectivity index (χ2v) is 4.34. The highest BCUT2D eigenvalue weighted by atomic mass is 16.5. The van der Waals surface area contributed by atoms with E-state index < -0.39 is 6.04 Å². The molecule has 0 aromatic heterocycles. The van der Waals surface area contributed by atoms with Crippen LogP contribution < -0.4 is 11.1 Å². The largest absolute Gasteiger partial charge is 0.383 e. The average Bonchev–Trinajstić information content (AvgIpc) is 1.99. The summed E-state index contributed by atoms with van der Waals surface area (Å²) in [6.45, 7) is 7.04. The van der Waals surface area contributed by atoms with Crippen molar-refractivity contribution >= 4 is 5.91 Å². The highest BCUT2D eigenvalue weighted by molar-refractivity contribution is 5.81. The van der Waals surface area contributed by atoms with E-state index in [1.54, 1.807) is 0 Å². The number of amides is 1. The lowest BCUT2D eigenvalue weighted by molar-refractivity contribution is -0.123. The number of carbonyl (C=O) groups is 1. The van der Waals surface area contributed by atoms with Crippen molar-refractivity contribution in [1.82, 2.24) is 5.32 Å². The van der Waals surface area contributed by atoms with Gasteiger partial charge in [0.05, 0.1) is 6.61 Å². The average molecular weight is 188 g/mol. The second-order valence-electron chi connectivity index (χ2n) is 4.34. The molecule has 0 fully saturated rings. The summed E-state index contributed by atoms with van der Waals surface area (Å²) in [5.74, 6) is -0.156. The molecule has 0 spiro atoms. The van der Waals surface area contributed by atoms with Crippen molar-refractivity contribution in [3.8, 4) is 0 Å². The molecule has 0 radical (unpaired) electrons. The summed E-state index contributed by atoms with van der Waals surface area (Å²) in [7, 11) is 1.52. The molecule has 0 aliphatic heterocycles. The van der Waals surface area contributed by atoms with E-state index in [0.717, 1.165) is 0 Å². The van der Waals surface area contributed by atoms with Crippen molar-refractivity contribution in [2.45, 2.75) is 26.8 Å². The van der Waals surface area contributed by atoms with Crippen LogP contribution in [0.4, 0.5) is 0 Å². The molecular formula is C9H20N2O2. The predicted molar refractivity (Wildman–Crippen MR) is 52.3 cm³/mol. The Kier molecular flexibility index (Phi) is 4.95. The summed E-state index contributed by atoms with van der Waals surface area (Å²) in [5.41, 5.74) is 5.61. The van der Waals surface area contributed by atoms with Gasteiger partial charge in [-0.2, -0.15) is 0 Å². The summed E-state index contributed by atoms with van der Waals surface area (Å²) in [6, 6.07) is -0.563. The van der Waals surface area contributed by atoms with Gasteiger partial charge in [-0.3, -0.25) is 4.79 Å². The lowest BCUT2D eigenvalue weighted by Gasteiger charge is -2.20. The van der Waals surface area contributed by atoms with E-state index in [-0.39, 0.29) is 17.9 Å². The van der Waals surface area contributed by atoms with E-state index in [2.05, 4.69) is 26.1 Å². The second kappa shape index (κ2) is 5.19. The van der Waals surface area contributed by atoms with Gasteiger partial charge in [0, 0.05) is 13.7 Å². The third-order valence-corrected chi connectivity index (χ3v) is 1.48. The van der Waals surface area contributed by atoms with Crippen LogP contribution in [0, 0.1) is 5.41 Å². The number of hydrogen-bond donors (Lipinski definition) is 2. The van der Waals surface area contributed by atoms with Crippen LogP contribution in [-0.4, -0.2) is 32.2 Å². The van der Waals surface area contributed by atoms with Gasteiger partial charge in [0.25, 0.3) is 0 Å². The number of ether oxygens (including phenoxy) is 1. The zero-order valence-electron chi connectivity index (χ0n) is 8.89. The number of methoxy groups -OCH3 is 1. The minimum atomic E-state index is -0.563. The Hall–Kier alpha value is -0.610. The number of nitrogens with one attached hydrogen (secondary N) is 1. The van der Waals surface area contributed by atoms with E-state index in [1.807, 2.05) is 0 Å². The zero-order valence-corrected chi connectivity index (χ0v) is 8.89. The first-order valence-corrected chi connectivity index (χ1v) is 4.39. The van der Waals surface area contributed by atoms with Gasteiger partial charge in [-0.1, -0.05) is 20.8 Å². The maximum absolute atomic E-state index is 11.3. The molecule has 0 bridgehead atoms. The molecule has 1 unspecified atom stereocenters. The molecule has 0 aromatic rings. The van der Waals surface area contributed by atoms with Gasteiger partial charge in [0.2, 0.25) is 5.91 Å². The normalized spacial score (nSPS) is 13.9. The number of rotatable bonds is 4. The molecule has 1 atom stereocenters. The fourth-order valence-corrected chi connectivity index (χ4v) is 0.739. The Morgan fingerprint density at radius 1 is 1.54 bits per heavy atom. The molecule has 4 nitrogen and oxygen atoms in total. The lowest BCUT2D eigenvalue weighted by Crippen LogP contribution is -2.45. The van der Waals surface area contributed by atoms with Crippen molar-refractivity contribution < 1.29 is 9.53 Å². The van der Waals surface area contributed by atoms with E-state index in [4.69, 9.17) is 10.5 Å². The zero-order chi connectivity index (χ0) is 10.5. The highest BCUT2D eigenvalue weighted by Gasteiger charge is 2.16. The Bertz CT molecular complexity index is 163. The summed E-state index contributed by atoms with van der Waals surface area (Å²) >= 11 is 0. The number of carbonyl (C=O) groups excluding carboxylic acids is 1. The van der Waals surface area contributed by atoms with Crippen LogP contribution in [0.5, 0.6) is 0 Å². The molecule has 0 aliphatic carbocycles. The smallest absolute Gasteiger partial charge is 0.239 e. The molecular weight excluding hydrogens is 168 g/mol.